The number of aliphatic imine (C=N–C) groups is 1. The van der Waals surface area contributed by atoms with E-state index >= 15 is 0 Å². The second-order valence-corrected chi connectivity index (χ2v) is 10.3. The summed E-state index contributed by atoms with van der Waals surface area (Å²) in [6.45, 7) is -0.0204. The van der Waals surface area contributed by atoms with Crippen molar-refractivity contribution in [2.45, 2.75) is 6.17 Å². The van der Waals surface area contributed by atoms with Crippen LogP contribution in [0.4, 0.5) is 5.69 Å². The molecule has 4 amide bonds. The fraction of sp³-hybridized carbons (Fsp3) is 0.0882. The molecule has 2 aliphatic heterocycles. The van der Waals surface area contributed by atoms with Crippen LogP contribution >= 0.6 is 0 Å². The maximum atomic E-state index is 14.2. The van der Waals surface area contributed by atoms with Crippen LogP contribution in [0.2, 0.25) is 0 Å². The third-order valence-corrected chi connectivity index (χ3v) is 7.72. The molecule has 0 saturated carbocycles. The first-order chi connectivity index (χ1) is 21.0. The molecular formula is C34H25N5O4. The lowest BCUT2D eigenvalue weighted by molar-refractivity contribution is -0.120. The molecule has 1 atom stereocenters. The minimum absolute atomic E-state index is 0.0116. The molecule has 0 unspecified atom stereocenters. The number of rotatable bonds is 6. The number of imide groups is 1. The largest absolute Gasteiger partial charge is 0.351 e. The maximum absolute atomic E-state index is 14.2. The molecule has 9 heteroatoms. The van der Waals surface area contributed by atoms with E-state index in [4.69, 9.17) is 4.99 Å². The van der Waals surface area contributed by atoms with Crippen molar-refractivity contribution in [3.05, 3.63) is 137 Å². The number of aromatic amines is 1. The average molecular weight is 568 g/mol. The zero-order chi connectivity index (χ0) is 29.5. The second-order valence-electron chi connectivity index (χ2n) is 10.3. The number of para-hydroxylation sites is 2. The van der Waals surface area contributed by atoms with Crippen molar-refractivity contribution in [1.29, 1.82) is 0 Å². The monoisotopic (exact) mass is 567 g/mol. The highest BCUT2D eigenvalue weighted by Gasteiger charge is 2.38. The lowest BCUT2D eigenvalue weighted by Crippen LogP contribution is -2.49. The highest BCUT2D eigenvalue weighted by atomic mass is 16.2. The van der Waals surface area contributed by atoms with E-state index in [0.29, 0.717) is 33.8 Å². The second kappa shape index (κ2) is 10.5. The number of anilines is 1. The summed E-state index contributed by atoms with van der Waals surface area (Å²) >= 11 is 0. The van der Waals surface area contributed by atoms with Crippen LogP contribution in [0.1, 0.15) is 42.3 Å². The molecule has 0 aliphatic carbocycles. The molecule has 0 radical (unpaired) electrons. The Bertz CT molecular complexity index is 1890. The van der Waals surface area contributed by atoms with Crippen LogP contribution in [0.25, 0.3) is 10.9 Å². The topological polar surface area (TPSA) is 115 Å². The van der Waals surface area contributed by atoms with Crippen LogP contribution in [-0.2, 0) is 4.79 Å². The molecule has 2 aliphatic rings. The van der Waals surface area contributed by atoms with Gasteiger partial charge in [-0.15, -0.1) is 0 Å². The minimum Gasteiger partial charge on any atom is -0.351 e. The Morgan fingerprint density at radius 1 is 0.721 bits per heavy atom. The summed E-state index contributed by atoms with van der Waals surface area (Å²) in [5, 5.41) is 3.68. The van der Waals surface area contributed by atoms with Crippen molar-refractivity contribution in [2.75, 3.05) is 18.0 Å². The number of H-pyrrole nitrogens is 1. The van der Waals surface area contributed by atoms with Crippen molar-refractivity contribution >= 4 is 45.9 Å². The van der Waals surface area contributed by atoms with Gasteiger partial charge in [-0.1, -0.05) is 78.9 Å². The molecule has 3 heterocycles. The van der Waals surface area contributed by atoms with Gasteiger partial charge in [-0.25, -0.2) is 4.99 Å². The van der Waals surface area contributed by atoms with Gasteiger partial charge in [0.25, 0.3) is 23.6 Å². The van der Waals surface area contributed by atoms with Crippen LogP contribution in [0, 0.1) is 0 Å². The van der Waals surface area contributed by atoms with E-state index in [1.165, 1.54) is 4.90 Å². The summed E-state index contributed by atoms with van der Waals surface area (Å²) < 4.78 is 0. The first-order valence-corrected chi connectivity index (χ1v) is 13.9. The Morgan fingerprint density at radius 2 is 1.33 bits per heavy atom. The fourth-order valence-electron chi connectivity index (χ4n) is 5.62. The van der Waals surface area contributed by atoms with Gasteiger partial charge < -0.3 is 15.2 Å². The molecule has 0 saturated heterocycles. The molecule has 2 N–H and O–H groups in total. The molecule has 0 bridgehead atoms. The van der Waals surface area contributed by atoms with Gasteiger partial charge in [-0.3, -0.25) is 24.1 Å². The molecule has 210 valence electrons. The Balaban J connectivity index is 1.25. The van der Waals surface area contributed by atoms with Crippen molar-refractivity contribution in [2.24, 2.45) is 4.99 Å². The molecule has 43 heavy (non-hydrogen) atoms. The van der Waals surface area contributed by atoms with Crippen molar-refractivity contribution < 1.29 is 19.2 Å². The van der Waals surface area contributed by atoms with E-state index in [2.05, 4.69) is 10.3 Å². The molecule has 4 aromatic carbocycles. The highest BCUT2D eigenvalue weighted by Crippen LogP contribution is 2.29. The quantitative estimate of drug-likeness (QED) is 0.296. The molecule has 7 rings (SSSR count). The zero-order valence-corrected chi connectivity index (χ0v) is 22.9. The number of benzene rings is 4. The fourth-order valence-corrected chi connectivity index (χ4v) is 5.62. The Hall–Kier alpha value is -5.83. The van der Waals surface area contributed by atoms with Crippen LogP contribution in [0.15, 0.2) is 114 Å². The van der Waals surface area contributed by atoms with Gasteiger partial charge in [0.15, 0.2) is 0 Å². The van der Waals surface area contributed by atoms with Gasteiger partial charge in [0, 0.05) is 35.1 Å². The molecule has 9 nitrogen and oxygen atoms in total. The Kier molecular flexibility index (Phi) is 6.39. The van der Waals surface area contributed by atoms with Crippen LogP contribution in [0.3, 0.4) is 0 Å². The van der Waals surface area contributed by atoms with Crippen LogP contribution in [-0.4, -0.2) is 58.5 Å². The lowest BCUT2D eigenvalue weighted by atomic mass is 10.0. The van der Waals surface area contributed by atoms with Gasteiger partial charge in [-0.2, -0.15) is 0 Å². The zero-order valence-electron chi connectivity index (χ0n) is 22.9. The number of nitrogens with zero attached hydrogens (tertiary/aromatic N) is 3. The number of hydrogen-bond donors (Lipinski definition) is 2. The smallest absolute Gasteiger partial charge is 0.272 e. The number of aromatic nitrogens is 1. The predicted octanol–water partition coefficient (Wildman–Crippen LogP) is 4.40. The average Bonchev–Trinajstić information content (AvgIpc) is 3.55. The predicted molar refractivity (Wildman–Crippen MR) is 162 cm³/mol. The highest BCUT2D eigenvalue weighted by molar-refractivity contribution is 6.22. The molecule has 0 spiro atoms. The lowest BCUT2D eigenvalue weighted by Gasteiger charge is -2.27. The molecule has 5 aromatic rings. The number of benzodiazepines with no additional fused rings is 1. The first kappa shape index (κ1) is 26.1. The van der Waals surface area contributed by atoms with Gasteiger partial charge in [0.05, 0.1) is 22.5 Å². The van der Waals surface area contributed by atoms with Gasteiger partial charge in [0.2, 0.25) is 6.17 Å². The summed E-state index contributed by atoms with van der Waals surface area (Å²) in [6.07, 6.45) is -1.27. The third-order valence-electron chi connectivity index (χ3n) is 7.72. The molecular weight excluding hydrogens is 542 g/mol. The summed E-state index contributed by atoms with van der Waals surface area (Å²) in [7, 11) is 0. The Morgan fingerprint density at radius 3 is 2.05 bits per heavy atom. The molecule has 0 fully saturated rings. The SMILES string of the molecule is O=C(N[C@H]1N=C(c2ccccc2)c2ccccc2N(CCN2C(=O)c3ccccc3C2=O)C1=O)c1cc2ccccc2[nH]1. The van der Waals surface area contributed by atoms with Gasteiger partial charge in [-0.05, 0) is 30.3 Å². The number of carbonyl (C=O) groups excluding carboxylic acids is 4. The van der Waals surface area contributed by atoms with E-state index in [9.17, 15) is 19.2 Å². The molecule has 1 aromatic heterocycles. The summed E-state index contributed by atoms with van der Waals surface area (Å²) in [5.74, 6) is -1.78. The number of amides is 4. The maximum Gasteiger partial charge on any atom is 0.272 e. The van der Waals surface area contributed by atoms with E-state index in [0.717, 1.165) is 21.4 Å². The van der Waals surface area contributed by atoms with E-state index in [1.807, 2.05) is 72.8 Å². The standard InChI is InChI=1S/C34H25N5O4/c40-31(27-20-22-12-4-8-16-26(22)35-27)37-30-34(43)38(18-19-39-32(41)23-13-5-6-14-24(23)33(39)42)28-17-9-7-15-25(28)29(36-30)21-10-2-1-3-11-21/h1-17,20,30,35H,18-19H2,(H,37,40)/t30-/m1/s1. The van der Waals surface area contributed by atoms with Crippen molar-refractivity contribution in [3.8, 4) is 0 Å². The third kappa shape index (κ3) is 4.57. The summed E-state index contributed by atoms with van der Waals surface area (Å²) in [6, 6.07) is 32.7. The van der Waals surface area contributed by atoms with Crippen LogP contribution < -0.4 is 10.2 Å². The van der Waals surface area contributed by atoms with Crippen molar-refractivity contribution in [1.82, 2.24) is 15.2 Å². The number of nitrogens with one attached hydrogen (secondary N) is 2. The number of hydrogen-bond acceptors (Lipinski definition) is 5. The van der Waals surface area contributed by atoms with E-state index in [1.54, 1.807) is 36.4 Å². The van der Waals surface area contributed by atoms with Crippen LogP contribution in [0.5, 0.6) is 0 Å². The number of carbonyl (C=O) groups is 4. The Labute approximate surface area is 246 Å². The summed E-state index contributed by atoms with van der Waals surface area (Å²) in [4.78, 5) is 64.4. The van der Waals surface area contributed by atoms with E-state index < -0.39 is 29.8 Å². The van der Waals surface area contributed by atoms with Crippen molar-refractivity contribution in [3.63, 3.8) is 0 Å². The first-order valence-electron chi connectivity index (χ1n) is 13.9. The van der Waals surface area contributed by atoms with Gasteiger partial charge in [0.1, 0.15) is 5.69 Å². The normalized spacial score (nSPS) is 16.1. The van der Waals surface area contributed by atoms with E-state index in [-0.39, 0.29) is 13.1 Å². The number of fused-ring (bicyclic) bond motifs is 3. The van der Waals surface area contributed by atoms with Gasteiger partial charge >= 0.3 is 0 Å². The summed E-state index contributed by atoms with van der Waals surface area (Å²) in [5.41, 5.74) is 4.33. The minimum atomic E-state index is -1.27.